The smallest absolute Gasteiger partial charge is 0.408 e. The van der Waals surface area contributed by atoms with Crippen molar-refractivity contribution in [2.24, 2.45) is 0 Å². The number of alkyl carbamates (subject to hydrolysis) is 1. The van der Waals surface area contributed by atoms with Gasteiger partial charge in [0.1, 0.15) is 11.9 Å². The third kappa shape index (κ3) is 6.38. The standard InChI is InChI=1S/C14H18BrNO3/c1-14(2,3)19-13(18)16-12(9-17)8-10-5-4-6-11(15)7-10/h4-7,9,12H,8H2,1-3H3,(H,16,18). The molecule has 1 N–H and O–H groups in total. The van der Waals surface area contributed by atoms with E-state index in [-0.39, 0.29) is 0 Å². The normalized spacial score (nSPS) is 12.6. The number of rotatable bonds is 4. The van der Waals surface area contributed by atoms with Crippen LogP contribution in [0, 0.1) is 0 Å². The number of aldehydes is 1. The zero-order chi connectivity index (χ0) is 14.5. The van der Waals surface area contributed by atoms with Crippen molar-refractivity contribution in [1.82, 2.24) is 5.32 Å². The Bertz CT molecular complexity index is 454. The number of amides is 1. The number of carbonyl (C=O) groups excluding carboxylic acids is 2. The van der Waals surface area contributed by atoms with Gasteiger partial charge in [-0.1, -0.05) is 28.1 Å². The molecule has 0 radical (unpaired) electrons. The van der Waals surface area contributed by atoms with Crippen molar-refractivity contribution in [2.45, 2.75) is 38.8 Å². The molecule has 104 valence electrons. The number of benzene rings is 1. The Morgan fingerprint density at radius 1 is 1.47 bits per heavy atom. The highest BCUT2D eigenvalue weighted by molar-refractivity contribution is 9.10. The summed E-state index contributed by atoms with van der Waals surface area (Å²) >= 11 is 3.36. The lowest BCUT2D eigenvalue weighted by Gasteiger charge is -2.21. The Morgan fingerprint density at radius 2 is 2.16 bits per heavy atom. The molecule has 0 aromatic heterocycles. The molecule has 0 aliphatic carbocycles. The van der Waals surface area contributed by atoms with Gasteiger partial charge in [0.25, 0.3) is 0 Å². The van der Waals surface area contributed by atoms with Crippen LogP contribution >= 0.6 is 15.9 Å². The Balaban J connectivity index is 2.59. The SMILES string of the molecule is CC(C)(C)OC(=O)NC(C=O)Cc1cccc(Br)c1. The predicted molar refractivity (Wildman–Crippen MR) is 77.1 cm³/mol. The van der Waals surface area contributed by atoms with Gasteiger partial charge in [0, 0.05) is 4.47 Å². The van der Waals surface area contributed by atoms with E-state index >= 15 is 0 Å². The molecule has 5 heteroatoms. The van der Waals surface area contributed by atoms with Crippen LogP contribution in [0.2, 0.25) is 0 Å². The van der Waals surface area contributed by atoms with E-state index in [0.29, 0.717) is 12.7 Å². The third-order valence-corrected chi connectivity index (χ3v) is 2.70. The van der Waals surface area contributed by atoms with Crippen LogP contribution in [-0.2, 0) is 16.0 Å². The Labute approximate surface area is 121 Å². The molecule has 0 heterocycles. The molecule has 0 saturated carbocycles. The van der Waals surface area contributed by atoms with Crippen molar-refractivity contribution in [3.05, 3.63) is 34.3 Å². The molecule has 1 atom stereocenters. The number of nitrogens with one attached hydrogen (secondary N) is 1. The first-order valence-corrected chi connectivity index (χ1v) is 6.79. The average Bonchev–Trinajstić information content (AvgIpc) is 2.25. The second-order valence-electron chi connectivity index (χ2n) is 5.22. The van der Waals surface area contributed by atoms with Gasteiger partial charge in [0.15, 0.2) is 0 Å². The maximum Gasteiger partial charge on any atom is 0.408 e. The van der Waals surface area contributed by atoms with E-state index in [0.717, 1.165) is 10.0 Å². The first kappa shape index (κ1) is 15.7. The van der Waals surface area contributed by atoms with Crippen LogP contribution in [-0.4, -0.2) is 24.0 Å². The molecule has 0 fully saturated rings. The summed E-state index contributed by atoms with van der Waals surface area (Å²) in [5, 5.41) is 2.55. The quantitative estimate of drug-likeness (QED) is 0.864. The van der Waals surface area contributed by atoms with E-state index in [4.69, 9.17) is 4.74 Å². The van der Waals surface area contributed by atoms with Crippen LogP contribution in [0.1, 0.15) is 26.3 Å². The van der Waals surface area contributed by atoms with Crippen LogP contribution in [0.25, 0.3) is 0 Å². The average molecular weight is 328 g/mol. The summed E-state index contributed by atoms with van der Waals surface area (Å²) in [6, 6.07) is 7.00. The van der Waals surface area contributed by atoms with Crippen LogP contribution in [0.5, 0.6) is 0 Å². The van der Waals surface area contributed by atoms with Gasteiger partial charge in [-0.25, -0.2) is 4.79 Å². The molecule has 1 amide bonds. The van der Waals surface area contributed by atoms with E-state index in [1.54, 1.807) is 20.8 Å². The third-order valence-electron chi connectivity index (χ3n) is 2.21. The summed E-state index contributed by atoms with van der Waals surface area (Å²) in [5.74, 6) is 0. The highest BCUT2D eigenvalue weighted by atomic mass is 79.9. The fourth-order valence-electron chi connectivity index (χ4n) is 1.51. The molecule has 1 rings (SSSR count). The molecule has 1 aromatic rings. The molecular formula is C14H18BrNO3. The van der Waals surface area contributed by atoms with E-state index in [2.05, 4.69) is 21.2 Å². The largest absolute Gasteiger partial charge is 0.444 e. The van der Waals surface area contributed by atoms with Gasteiger partial charge in [0.05, 0.1) is 6.04 Å². The molecule has 1 aromatic carbocycles. The van der Waals surface area contributed by atoms with Crippen molar-refractivity contribution >= 4 is 28.3 Å². The minimum atomic E-state index is -0.593. The van der Waals surface area contributed by atoms with Crippen LogP contribution in [0.15, 0.2) is 28.7 Å². The van der Waals surface area contributed by atoms with Gasteiger partial charge in [-0.15, -0.1) is 0 Å². The fourth-order valence-corrected chi connectivity index (χ4v) is 1.96. The molecule has 1 unspecified atom stereocenters. The van der Waals surface area contributed by atoms with E-state index in [9.17, 15) is 9.59 Å². The summed E-state index contributed by atoms with van der Waals surface area (Å²) in [4.78, 5) is 22.6. The van der Waals surface area contributed by atoms with Crippen molar-refractivity contribution in [2.75, 3.05) is 0 Å². The maximum atomic E-state index is 11.6. The number of halogens is 1. The van der Waals surface area contributed by atoms with Crippen LogP contribution < -0.4 is 5.32 Å². The molecule has 0 spiro atoms. The second-order valence-corrected chi connectivity index (χ2v) is 6.14. The summed E-state index contributed by atoms with van der Waals surface area (Å²) in [5.41, 5.74) is 0.385. The number of ether oxygens (including phenoxy) is 1. The van der Waals surface area contributed by atoms with Crippen molar-refractivity contribution < 1.29 is 14.3 Å². The monoisotopic (exact) mass is 327 g/mol. The number of hydrogen-bond acceptors (Lipinski definition) is 3. The lowest BCUT2D eigenvalue weighted by atomic mass is 10.1. The second kappa shape index (κ2) is 6.70. The summed E-state index contributed by atoms with van der Waals surface area (Å²) in [7, 11) is 0. The predicted octanol–water partition coefficient (Wildman–Crippen LogP) is 3.08. The molecule has 0 bridgehead atoms. The van der Waals surface area contributed by atoms with Gasteiger partial charge >= 0.3 is 6.09 Å². The maximum absolute atomic E-state index is 11.6. The zero-order valence-electron chi connectivity index (χ0n) is 11.3. The highest BCUT2D eigenvalue weighted by Crippen LogP contribution is 2.13. The Morgan fingerprint density at radius 3 is 2.68 bits per heavy atom. The molecule has 19 heavy (non-hydrogen) atoms. The molecule has 4 nitrogen and oxygen atoms in total. The lowest BCUT2D eigenvalue weighted by Crippen LogP contribution is -2.41. The summed E-state index contributed by atoms with van der Waals surface area (Å²) < 4.78 is 6.05. The van der Waals surface area contributed by atoms with Crippen molar-refractivity contribution in [3.63, 3.8) is 0 Å². The van der Waals surface area contributed by atoms with Gasteiger partial charge in [0.2, 0.25) is 0 Å². The Hall–Kier alpha value is -1.36. The molecule has 0 saturated heterocycles. The zero-order valence-corrected chi connectivity index (χ0v) is 12.9. The minimum absolute atomic E-state index is 0.433. The topological polar surface area (TPSA) is 55.4 Å². The van der Waals surface area contributed by atoms with E-state index in [1.165, 1.54) is 0 Å². The molecule has 0 aliphatic rings. The van der Waals surface area contributed by atoms with Gasteiger partial charge in [-0.2, -0.15) is 0 Å². The summed E-state index contributed by atoms with van der Waals surface area (Å²) in [6.07, 6.45) is 0.562. The van der Waals surface area contributed by atoms with E-state index in [1.807, 2.05) is 24.3 Å². The van der Waals surface area contributed by atoms with Crippen molar-refractivity contribution in [3.8, 4) is 0 Å². The van der Waals surface area contributed by atoms with Crippen LogP contribution in [0.3, 0.4) is 0 Å². The number of carbonyl (C=O) groups is 2. The minimum Gasteiger partial charge on any atom is -0.444 e. The lowest BCUT2D eigenvalue weighted by molar-refractivity contribution is -0.109. The van der Waals surface area contributed by atoms with Gasteiger partial charge < -0.3 is 14.8 Å². The molecular weight excluding hydrogens is 310 g/mol. The summed E-state index contributed by atoms with van der Waals surface area (Å²) in [6.45, 7) is 5.32. The fraction of sp³-hybridized carbons (Fsp3) is 0.429. The first-order chi connectivity index (χ1) is 8.80. The van der Waals surface area contributed by atoms with Crippen molar-refractivity contribution in [1.29, 1.82) is 0 Å². The van der Waals surface area contributed by atoms with Gasteiger partial charge in [-0.05, 0) is 44.9 Å². The first-order valence-electron chi connectivity index (χ1n) is 5.99. The van der Waals surface area contributed by atoms with Gasteiger partial charge in [-0.3, -0.25) is 0 Å². The highest BCUT2D eigenvalue weighted by Gasteiger charge is 2.19. The Kier molecular flexibility index (Phi) is 5.54. The molecule has 0 aliphatic heterocycles. The van der Waals surface area contributed by atoms with Crippen LogP contribution in [0.4, 0.5) is 4.79 Å². The van der Waals surface area contributed by atoms with E-state index < -0.39 is 17.7 Å². The number of hydrogen-bond donors (Lipinski definition) is 1.